The fraction of sp³-hybridized carbons (Fsp3) is 0.333. The lowest BCUT2D eigenvalue weighted by Crippen LogP contribution is -2.37. The normalized spacial score (nSPS) is 20.6. The Labute approximate surface area is 126 Å². The summed E-state index contributed by atoms with van der Waals surface area (Å²) in [6, 6.07) is 17.2. The molecule has 0 spiro atoms. The van der Waals surface area contributed by atoms with Gasteiger partial charge in [-0.25, -0.2) is 0 Å². The standard InChI is InChI=1S/C18H22N2O/c1-20(12-13-6-4-3-5-7-13)17-10-14-8-9-15(21-2)11-16(14)18(17)19/h3-9,11,17-18H,10,12,19H2,1-2H3. The number of nitrogens with zero attached hydrogens (tertiary/aromatic N) is 1. The first kappa shape index (κ1) is 14.1. The van der Waals surface area contributed by atoms with Gasteiger partial charge < -0.3 is 10.5 Å². The second-order valence-corrected chi connectivity index (χ2v) is 5.76. The van der Waals surface area contributed by atoms with E-state index >= 15 is 0 Å². The number of fused-ring (bicyclic) bond motifs is 1. The summed E-state index contributed by atoms with van der Waals surface area (Å²) >= 11 is 0. The molecule has 0 bridgehead atoms. The fourth-order valence-corrected chi connectivity index (χ4v) is 3.17. The van der Waals surface area contributed by atoms with Crippen molar-refractivity contribution in [1.29, 1.82) is 0 Å². The van der Waals surface area contributed by atoms with Gasteiger partial charge in [0.05, 0.1) is 7.11 Å². The van der Waals surface area contributed by atoms with E-state index in [9.17, 15) is 0 Å². The van der Waals surface area contributed by atoms with Crippen molar-refractivity contribution in [3.05, 3.63) is 65.2 Å². The summed E-state index contributed by atoms with van der Waals surface area (Å²) < 4.78 is 5.31. The van der Waals surface area contributed by atoms with Crippen LogP contribution in [0.2, 0.25) is 0 Å². The van der Waals surface area contributed by atoms with E-state index in [-0.39, 0.29) is 6.04 Å². The number of nitrogens with two attached hydrogens (primary N) is 1. The minimum atomic E-state index is 0.0452. The summed E-state index contributed by atoms with van der Waals surface area (Å²) in [5, 5.41) is 0. The highest BCUT2D eigenvalue weighted by Crippen LogP contribution is 2.35. The summed E-state index contributed by atoms with van der Waals surface area (Å²) in [5.41, 5.74) is 10.4. The first-order valence-corrected chi connectivity index (χ1v) is 7.35. The molecular formula is C18H22N2O. The average Bonchev–Trinajstić information content (AvgIpc) is 2.85. The molecule has 0 aromatic heterocycles. The van der Waals surface area contributed by atoms with Crippen LogP contribution in [0.15, 0.2) is 48.5 Å². The number of likely N-dealkylation sites (N-methyl/N-ethyl adjacent to an activating group) is 1. The smallest absolute Gasteiger partial charge is 0.119 e. The molecule has 2 atom stereocenters. The Morgan fingerprint density at radius 2 is 1.95 bits per heavy atom. The van der Waals surface area contributed by atoms with Gasteiger partial charge in [-0.15, -0.1) is 0 Å². The second kappa shape index (κ2) is 5.88. The Hall–Kier alpha value is -1.84. The van der Waals surface area contributed by atoms with E-state index in [0.29, 0.717) is 6.04 Å². The van der Waals surface area contributed by atoms with E-state index in [1.165, 1.54) is 16.7 Å². The Kier molecular flexibility index (Phi) is 3.95. The molecule has 2 aromatic rings. The predicted octanol–water partition coefficient (Wildman–Crippen LogP) is 2.75. The summed E-state index contributed by atoms with van der Waals surface area (Å²) in [4.78, 5) is 2.35. The van der Waals surface area contributed by atoms with Crippen LogP contribution in [0.1, 0.15) is 22.7 Å². The van der Waals surface area contributed by atoms with Crippen LogP contribution in [0.3, 0.4) is 0 Å². The van der Waals surface area contributed by atoms with E-state index in [1.54, 1.807) is 7.11 Å². The molecule has 0 heterocycles. The molecule has 0 radical (unpaired) electrons. The molecule has 3 nitrogen and oxygen atoms in total. The maximum absolute atomic E-state index is 6.47. The maximum Gasteiger partial charge on any atom is 0.119 e. The molecule has 3 heteroatoms. The third-order valence-electron chi connectivity index (χ3n) is 4.40. The lowest BCUT2D eigenvalue weighted by molar-refractivity contribution is 0.214. The first-order valence-electron chi connectivity index (χ1n) is 7.35. The van der Waals surface area contributed by atoms with Crippen molar-refractivity contribution in [3.8, 4) is 5.75 Å². The number of rotatable bonds is 4. The van der Waals surface area contributed by atoms with Gasteiger partial charge in [0.2, 0.25) is 0 Å². The van der Waals surface area contributed by atoms with Crippen LogP contribution in [0.5, 0.6) is 5.75 Å². The minimum absolute atomic E-state index is 0.0452. The van der Waals surface area contributed by atoms with Gasteiger partial charge in [0.25, 0.3) is 0 Å². The van der Waals surface area contributed by atoms with Gasteiger partial charge >= 0.3 is 0 Å². The van der Waals surface area contributed by atoms with Gasteiger partial charge in [-0.3, -0.25) is 4.90 Å². The van der Waals surface area contributed by atoms with Gasteiger partial charge in [0.15, 0.2) is 0 Å². The van der Waals surface area contributed by atoms with E-state index in [1.807, 2.05) is 12.1 Å². The molecule has 0 fully saturated rings. The zero-order chi connectivity index (χ0) is 14.8. The molecule has 2 unspecified atom stereocenters. The number of hydrogen-bond donors (Lipinski definition) is 1. The van der Waals surface area contributed by atoms with Crippen LogP contribution in [0.4, 0.5) is 0 Å². The van der Waals surface area contributed by atoms with E-state index in [2.05, 4.69) is 48.3 Å². The van der Waals surface area contributed by atoms with Gasteiger partial charge in [0.1, 0.15) is 5.75 Å². The molecule has 2 aromatic carbocycles. The zero-order valence-corrected chi connectivity index (χ0v) is 12.6. The van der Waals surface area contributed by atoms with Crippen LogP contribution >= 0.6 is 0 Å². The Morgan fingerprint density at radius 3 is 2.67 bits per heavy atom. The zero-order valence-electron chi connectivity index (χ0n) is 12.6. The maximum atomic E-state index is 6.47. The summed E-state index contributed by atoms with van der Waals surface area (Å²) in [5.74, 6) is 0.885. The molecular weight excluding hydrogens is 260 g/mol. The van der Waals surface area contributed by atoms with Crippen molar-refractivity contribution in [1.82, 2.24) is 4.90 Å². The van der Waals surface area contributed by atoms with Crippen molar-refractivity contribution in [2.45, 2.75) is 25.0 Å². The molecule has 0 saturated heterocycles. The molecule has 0 amide bonds. The van der Waals surface area contributed by atoms with Gasteiger partial charge in [-0.2, -0.15) is 0 Å². The molecule has 110 valence electrons. The third kappa shape index (κ3) is 2.80. The molecule has 1 aliphatic carbocycles. The lowest BCUT2D eigenvalue weighted by Gasteiger charge is -2.28. The Morgan fingerprint density at radius 1 is 1.19 bits per heavy atom. The molecule has 1 aliphatic rings. The number of ether oxygens (including phenoxy) is 1. The van der Waals surface area contributed by atoms with Crippen molar-refractivity contribution in [2.24, 2.45) is 5.73 Å². The minimum Gasteiger partial charge on any atom is -0.497 e. The number of methoxy groups -OCH3 is 1. The largest absolute Gasteiger partial charge is 0.497 e. The summed E-state index contributed by atoms with van der Waals surface area (Å²) in [6.07, 6.45) is 1.00. The van der Waals surface area contributed by atoms with Crippen molar-refractivity contribution in [2.75, 3.05) is 14.2 Å². The van der Waals surface area contributed by atoms with E-state index in [0.717, 1.165) is 18.7 Å². The molecule has 2 N–H and O–H groups in total. The number of benzene rings is 2. The van der Waals surface area contributed by atoms with Gasteiger partial charge in [0, 0.05) is 18.6 Å². The van der Waals surface area contributed by atoms with Crippen molar-refractivity contribution >= 4 is 0 Å². The predicted molar refractivity (Wildman–Crippen MR) is 85.3 cm³/mol. The molecule has 3 rings (SSSR count). The fourth-order valence-electron chi connectivity index (χ4n) is 3.17. The quantitative estimate of drug-likeness (QED) is 0.937. The molecule has 0 aliphatic heterocycles. The van der Waals surface area contributed by atoms with E-state index in [4.69, 9.17) is 10.5 Å². The number of hydrogen-bond acceptors (Lipinski definition) is 3. The van der Waals surface area contributed by atoms with E-state index < -0.39 is 0 Å². The molecule has 21 heavy (non-hydrogen) atoms. The molecule has 0 saturated carbocycles. The summed E-state index contributed by atoms with van der Waals surface area (Å²) in [7, 11) is 3.85. The highest BCUT2D eigenvalue weighted by Gasteiger charge is 2.32. The Bertz CT molecular complexity index is 612. The van der Waals surface area contributed by atoms with Crippen molar-refractivity contribution < 1.29 is 4.74 Å². The van der Waals surface area contributed by atoms with Crippen molar-refractivity contribution in [3.63, 3.8) is 0 Å². The monoisotopic (exact) mass is 282 g/mol. The summed E-state index contributed by atoms with van der Waals surface area (Å²) in [6.45, 7) is 0.921. The highest BCUT2D eigenvalue weighted by atomic mass is 16.5. The second-order valence-electron chi connectivity index (χ2n) is 5.76. The van der Waals surface area contributed by atoms with Crippen LogP contribution < -0.4 is 10.5 Å². The van der Waals surface area contributed by atoms with Crippen LogP contribution in [-0.2, 0) is 13.0 Å². The van der Waals surface area contributed by atoms with Gasteiger partial charge in [-0.1, -0.05) is 36.4 Å². The highest BCUT2D eigenvalue weighted by molar-refractivity contribution is 5.42. The first-order chi connectivity index (χ1) is 10.2. The van der Waals surface area contributed by atoms with Crippen LogP contribution in [0, 0.1) is 0 Å². The van der Waals surface area contributed by atoms with Crippen LogP contribution in [0.25, 0.3) is 0 Å². The third-order valence-corrected chi connectivity index (χ3v) is 4.40. The average molecular weight is 282 g/mol. The lowest BCUT2D eigenvalue weighted by atomic mass is 10.1. The SMILES string of the molecule is COc1ccc2c(c1)C(N)C(N(C)Cc1ccccc1)C2. The van der Waals surface area contributed by atoms with Gasteiger partial charge in [-0.05, 0) is 42.3 Å². The van der Waals surface area contributed by atoms with Crippen LogP contribution in [-0.4, -0.2) is 25.1 Å². The topological polar surface area (TPSA) is 38.5 Å². The Balaban J connectivity index is 1.76.